The van der Waals surface area contributed by atoms with Gasteiger partial charge in [-0.2, -0.15) is 0 Å². The molecule has 0 aliphatic carbocycles. The highest BCUT2D eigenvalue weighted by atomic mass is 16.6. The standard InChI is InChI=1S/C34H41NO5/c1-3-4-5-6-7-8-9-10-23-38-31-19-15-28(16-20-31)29-17-21-32(22-18-29)40-33(36)30-13-11-27(12-14-30)25-35-24-26(2)39-34(35)37/h11-22,26H,3-10,23-25H2,1-2H3. The van der Waals surface area contributed by atoms with Crippen LogP contribution in [0, 0.1) is 0 Å². The van der Waals surface area contributed by atoms with Gasteiger partial charge in [0.15, 0.2) is 0 Å². The van der Waals surface area contributed by atoms with E-state index in [0.717, 1.165) is 35.5 Å². The Balaban J connectivity index is 1.19. The smallest absolute Gasteiger partial charge is 0.410 e. The van der Waals surface area contributed by atoms with E-state index in [2.05, 4.69) is 6.92 Å². The van der Waals surface area contributed by atoms with Crippen LogP contribution in [-0.2, 0) is 11.3 Å². The minimum absolute atomic E-state index is 0.101. The van der Waals surface area contributed by atoms with Gasteiger partial charge in [-0.05, 0) is 66.4 Å². The average Bonchev–Trinajstić information content (AvgIpc) is 3.29. The van der Waals surface area contributed by atoms with Crippen LogP contribution in [0.3, 0.4) is 0 Å². The molecule has 6 nitrogen and oxygen atoms in total. The van der Waals surface area contributed by atoms with E-state index in [1.54, 1.807) is 29.2 Å². The van der Waals surface area contributed by atoms with E-state index in [1.165, 1.54) is 44.9 Å². The van der Waals surface area contributed by atoms with Gasteiger partial charge in [-0.15, -0.1) is 0 Å². The topological polar surface area (TPSA) is 65.1 Å². The van der Waals surface area contributed by atoms with Crippen LogP contribution in [0.4, 0.5) is 4.79 Å². The maximum Gasteiger partial charge on any atom is 0.410 e. The summed E-state index contributed by atoms with van der Waals surface area (Å²) in [5.74, 6) is 0.946. The highest BCUT2D eigenvalue weighted by Gasteiger charge is 2.27. The second-order valence-corrected chi connectivity index (χ2v) is 10.5. The van der Waals surface area contributed by atoms with E-state index in [1.807, 2.05) is 55.5 Å². The predicted octanol–water partition coefficient (Wildman–Crippen LogP) is 8.43. The zero-order valence-electron chi connectivity index (χ0n) is 23.8. The van der Waals surface area contributed by atoms with Crippen LogP contribution in [0.2, 0.25) is 0 Å². The second kappa shape index (κ2) is 15.1. The molecule has 0 saturated carbocycles. The number of ether oxygens (including phenoxy) is 3. The lowest BCUT2D eigenvalue weighted by molar-refractivity contribution is 0.0734. The van der Waals surface area contributed by atoms with E-state index in [-0.39, 0.29) is 12.2 Å². The summed E-state index contributed by atoms with van der Waals surface area (Å²) in [5, 5.41) is 0. The van der Waals surface area contributed by atoms with Crippen LogP contribution in [0.25, 0.3) is 11.1 Å². The fourth-order valence-corrected chi connectivity index (χ4v) is 4.82. The Kier molecular flexibility index (Phi) is 11.0. The molecule has 1 heterocycles. The molecule has 1 saturated heterocycles. The SMILES string of the molecule is CCCCCCCCCCOc1ccc(-c2ccc(OC(=O)c3ccc(CN4CC(C)OC4=O)cc3)cc2)cc1. The van der Waals surface area contributed by atoms with Crippen molar-refractivity contribution in [3.05, 3.63) is 83.9 Å². The normalized spacial score (nSPS) is 14.7. The molecule has 1 aliphatic rings. The minimum Gasteiger partial charge on any atom is -0.494 e. The van der Waals surface area contributed by atoms with Crippen LogP contribution in [0.15, 0.2) is 72.8 Å². The molecule has 3 aromatic carbocycles. The van der Waals surface area contributed by atoms with Crippen molar-refractivity contribution < 1.29 is 23.8 Å². The molecular weight excluding hydrogens is 502 g/mol. The number of esters is 1. The average molecular weight is 544 g/mol. The Labute approximate surface area is 238 Å². The van der Waals surface area contributed by atoms with Gasteiger partial charge in [-0.3, -0.25) is 0 Å². The van der Waals surface area contributed by atoms with Crippen molar-refractivity contribution in [3.8, 4) is 22.6 Å². The summed E-state index contributed by atoms with van der Waals surface area (Å²) in [5.41, 5.74) is 3.49. The minimum atomic E-state index is -0.425. The molecule has 212 valence electrons. The highest BCUT2D eigenvalue weighted by molar-refractivity contribution is 5.91. The van der Waals surface area contributed by atoms with Crippen LogP contribution in [0.5, 0.6) is 11.5 Å². The van der Waals surface area contributed by atoms with Crippen molar-refractivity contribution in [2.24, 2.45) is 0 Å². The number of nitrogens with zero attached hydrogens (tertiary/aromatic N) is 1. The molecule has 1 fully saturated rings. The molecule has 0 N–H and O–H groups in total. The lowest BCUT2D eigenvalue weighted by Gasteiger charge is -2.13. The number of carbonyl (C=O) groups excluding carboxylic acids is 2. The first-order chi connectivity index (χ1) is 19.5. The number of rotatable bonds is 15. The van der Waals surface area contributed by atoms with Gasteiger partial charge in [-0.25, -0.2) is 9.59 Å². The Morgan fingerprint density at radius 1 is 0.800 bits per heavy atom. The van der Waals surface area contributed by atoms with Gasteiger partial charge in [0.1, 0.15) is 17.6 Å². The number of cyclic esters (lactones) is 1. The Morgan fingerprint density at radius 3 is 1.95 bits per heavy atom. The largest absolute Gasteiger partial charge is 0.494 e. The maximum atomic E-state index is 12.6. The van der Waals surface area contributed by atoms with Crippen molar-refractivity contribution in [2.45, 2.75) is 77.9 Å². The number of carbonyl (C=O) groups is 2. The van der Waals surface area contributed by atoms with Crippen molar-refractivity contribution in [1.82, 2.24) is 4.90 Å². The van der Waals surface area contributed by atoms with Crippen LogP contribution >= 0.6 is 0 Å². The van der Waals surface area contributed by atoms with E-state index in [9.17, 15) is 9.59 Å². The fraction of sp³-hybridized carbons (Fsp3) is 0.412. The first-order valence-electron chi connectivity index (χ1n) is 14.6. The molecule has 6 heteroatoms. The third-order valence-corrected chi connectivity index (χ3v) is 7.12. The number of unbranched alkanes of at least 4 members (excludes halogenated alkanes) is 7. The number of hydrogen-bond donors (Lipinski definition) is 0. The summed E-state index contributed by atoms with van der Waals surface area (Å²) < 4.78 is 16.6. The van der Waals surface area contributed by atoms with Crippen molar-refractivity contribution in [2.75, 3.05) is 13.2 Å². The number of hydrogen-bond acceptors (Lipinski definition) is 5. The molecule has 40 heavy (non-hydrogen) atoms. The van der Waals surface area contributed by atoms with Crippen LogP contribution < -0.4 is 9.47 Å². The van der Waals surface area contributed by atoms with Crippen molar-refractivity contribution in [1.29, 1.82) is 0 Å². The van der Waals surface area contributed by atoms with Gasteiger partial charge in [0.25, 0.3) is 0 Å². The van der Waals surface area contributed by atoms with Crippen molar-refractivity contribution in [3.63, 3.8) is 0 Å². The fourth-order valence-electron chi connectivity index (χ4n) is 4.82. The van der Waals surface area contributed by atoms with Gasteiger partial charge in [0.2, 0.25) is 0 Å². The maximum absolute atomic E-state index is 12.6. The van der Waals surface area contributed by atoms with E-state index < -0.39 is 5.97 Å². The lowest BCUT2D eigenvalue weighted by Crippen LogP contribution is -2.24. The molecular formula is C34H41NO5. The number of benzene rings is 3. The lowest BCUT2D eigenvalue weighted by atomic mass is 10.1. The van der Waals surface area contributed by atoms with Gasteiger partial charge in [-0.1, -0.05) is 88.3 Å². The first-order valence-corrected chi connectivity index (χ1v) is 14.6. The zero-order chi connectivity index (χ0) is 28.2. The summed E-state index contributed by atoms with van der Waals surface area (Å²) in [6.07, 6.45) is 9.90. The molecule has 1 aliphatic heterocycles. The highest BCUT2D eigenvalue weighted by Crippen LogP contribution is 2.25. The molecule has 0 radical (unpaired) electrons. The van der Waals surface area contributed by atoms with E-state index >= 15 is 0 Å². The zero-order valence-corrected chi connectivity index (χ0v) is 23.8. The van der Waals surface area contributed by atoms with E-state index in [4.69, 9.17) is 14.2 Å². The van der Waals surface area contributed by atoms with Crippen LogP contribution in [0.1, 0.15) is 81.1 Å². The molecule has 0 aromatic heterocycles. The Hall–Kier alpha value is -3.80. The third-order valence-electron chi connectivity index (χ3n) is 7.12. The summed E-state index contributed by atoms with van der Waals surface area (Å²) in [6, 6.07) is 22.7. The quantitative estimate of drug-likeness (QED) is 0.109. The summed E-state index contributed by atoms with van der Waals surface area (Å²) in [6.45, 7) is 5.89. The monoisotopic (exact) mass is 543 g/mol. The van der Waals surface area contributed by atoms with Gasteiger partial charge >= 0.3 is 12.1 Å². The third kappa shape index (κ3) is 8.87. The van der Waals surface area contributed by atoms with Gasteiger partial charge in [0.05, 0.1) is 18.7 Å². The summed E-state index contributed by atoms with van der Waals surface area (Å²) in [4.78, 5) is 26.1. The van der Waals surface area contributed by atoms with Gasteiger partial charge < -0.3 is 19.1 Å². The molecule has 4 rings (SSSR count). The number of amides is 1. The molecule has 0 spiro atoms. The Bertz CT molecular complexity index is 1200. The Morgan fingerprint density at radius 2 is 1.38 bits per heavy atom. The molecule has 1 atom stereocenters. The first kappa shape index (κ1) is 29.2. The predicted molar refractivity (Wildman–Crippen MR) is 158 cm³/mol. The summed E-state index contributed by atoms with van der Waals surface area (Å²) >= 11 is 0. The molecule has 3 aromatic rings. The molecule has 1 unspecified atom stereocenters. The summed E-state index contributed by atoms with van der Waals surface area (Å²) in [7, 11) is 0. The van der Waals surface area contributed by atoms with Gasteiger partial charge in [0, 0.05) is 6.54 Å². The molecule has 1 amide bonds. The molecule has 0 bridgehead atoms. The van der Waals surface area contributed by atoms with Crippen molar-refractivity contribution >= 4 is 12.1 Å². The van der Waals surface area contributed by atoms with Crippen LogP contribution in [-0.4, -0.2) is 36.2 Å². The second-order valence-electron chi connectivity index (χ2n) is 10.5. The van der Waals surface area contributed by atoms with E-state index in [0.29, 0.717) is 24.4 Å².